The van der Waals surface area contributed by atoms with Gasteiger partial charge in [0.1, 0.15) is 0 Å². The van der Waals surface area contributed by atoms with Crippen LogP contribution in [0.5, 0.6) is 5.75 Å². The molecule has 0 fully saturated rings. The van der Waals surface area contributed by atoms with Crippen molar-refractivity contribution in [2.45, 2.75) is 32.7 Å². The van der Waals surface area contributed by atoms with Crippen LogP contribution in [0.4, 0.5) is 13.2 Å². The maximum Gasteiger partial charge on any atom is 0.257 e. The summed E-state index contributed by atoms with van der Waals surface area (Å²) in [5, 5.41) is 9.20. The molecule has 0 heterocycles. The van der Waals surface area contributed by atoms with E-state index >= 15 is 0 Å². The predicted octanol–water partition coefficient (Wildman–Crippen LogP) is 2.40. The molecule has 0 aliphatic heterocycles. The molecule has 0 saturated heterocycles. The van der Waals surface area contributed by atoms with Gasteiger partial charge < -0.3 is 15.7 Å². The monoisotopic (exact) mass is 304 g/mol. The summed E-state index contributed by atoms with van der Waals surface area (Å²) in [7, 11) is 0. The Balaban J connectivity index is 3.27. The summed E-state index contributed by atoms with van der Waals surface area (Å²) in [6.45, 7) is 4.01. The molecule has 0 radical (unpaired) electrons. The highest BCUT2D eigenvalue weighted by Gasteiger charge is 2.28. The summed E-state index contributed by atoms with van der Waals surface area (Å²) in [5.74, 6) is -6.96. The first kappa shape index (κ1) is 17.3. The van der Waals surface area contributed by atoms with E-state index in [1.807, 2.05) is 13.8 Å². The van der Waals surface area contributed by atoms with Gasteiger partial charge in [-0.15, -0.1) is 0 Å². The van der Waals surface area contributed by atoms with E-state index in [2.05, 4.69) is 0 Å². The molecule has 3 N–H and O–H groups in total. The van der Waals surface area contributed by atoms with Crippen LogP contribution in [0.15, 0.2) is 6.07 Å². The lowest BCUT2D eigenvalue weighted by atomic mass is 10.1. The smallest absolute Gasteiger partial charge is 0.257 e. The van der Waals surface area contributed by atoms with Gasteiger partial charge in [0.05, 0.1) is 5.56 Å². The molecular formula is C14H19F3N2O2. The molecule has 0 atom stereocenters. The summed E-state index contributed by atoms with van der Waals surface area (Å²) in [6, 6.07) is 0.259. The van der Waals surface area contributed by atoms with Crippen LogP contribution in [0.3, 0.4) is 0 Å². The van der Waals surface area contributed by atoms with Crippen molar-refractivity contribution < 1.29 is 23.1 Å². The van der Waals surface area contributed by atoms with E-state index in [9.17, 15) is 23.1 Å². The van der Waals surface area contributed by atoms with Crippen molar-refractivity contribution in [2.24, 2.45) is 5.73 Å². The van der Waals surface area contributed by atoms with E-state index in [1.165, 1.54) is 4.90 Å². The van der Waals surface area contributed by atoms with Crippen LogP contribution < -0.4 is 5.73 Å². The number of hydrogen-bond donors (Lipinski definition) is 2. The first-order chi connectivity index (χ1) is 9.88. The van der Waals surface area contributed by atoms with Crippen molar-refractivity contribution >= 4 is 5.91 Å². The highest BCUT2D eigenvalue weighted by atomic mass is 19.2. The number of nitrogens with zero attached hydrogens (tertiary/aromatic N) is 1. The number of aromatic hydroxyl groups is 1. The topological polar surface area (TPSA) is 66.6 Å². The normalized spacial score (nSPS) is 11.0. The lowest BCUT2D eigenvalue weighted by Crippen LogP contribution is -2.43. The molecule has 0 saturated carbocycles. The Kier molecular flexibility index (Phi) is 6.02. The van der Waals surface area contributed by atoms with Crippen LogP contribution in [-0.2, 0) is 0 Å². The van der Waals surface area contributed by atoms with Gasteiger partial charge >= 0.3 is 0 Å². The zero-order valence-corrected chi connectivity index (χ0v) is 12.0. The molecule has 118 valence electrons. The third-order valence-corrected chi connectivity index (χ3v) is 3.38. The third-order valence-electron chi connectivity index (χ3n) is 3.38. The summed E-state index contributed by atoms with van der Waals surface area (Å²) in [6.07, 6.45) is 1.22. The molecule has 0 bridgehead atoms. The fraction of sp³-hybridized carbons (Fsp3) is 0.500. The van der Waals surface area contributed by atoms with Crippen molar-refractivity contribution in [3.63, 3.8) is 0 Å². The first-order valence-corrected chi connectivity index (χ1v) is 6.76. The summed E-state index contributed by atoms with van der Waals surface area (Å²) >= 11 is 0. The first-order valence-electron chi connectivity index (χ1n) is 6.76. The van der Waals surface area contributed by atoms with E-state index < -0.39 is 34.7 Å². The number of benzene rings is 1. The van der Waals surface area contributed by atoms with Gasteiger partial charge in [-0.05, 0) is 18.9 Å². The van der Waals surface area contributed by atoms with Gasteiger partial charge in [-0.25, -0.2) is 8.78 Å². The van der Waals surface area contributed by atoms with Crippen LogP contribution in [0.25, 0.3) is 0 Å². The highest BCUT2D eigenvalue weighted by Crippen LogP contribution is 2.27. The molecule has 1 rings (SSSR count). The van der Waals surface area contributed by atoms with Gasteiger partial charge in [0.2, 0.25) is 5.82 Å². The zero-order valence-electron chi connectivity index (χ0n) is 12.0. The van der Waals surface area contributed by atoms with E-state index in [1.54, 1.807) is 0 Å². The van der Waals surface area contributed by atoms with Gasteiger partial charge in [0, 0.05) is 19.1 Å². The Morgan fingerprint density at radius 2 is 1.86 bits per heavy atom. The number of nitrogens with two attached hydrogens (primary N) is 1. The molecule has 0 spiro atoms. The Bertz CT molecular complexity index is 519. The van der Waals surface area contributed by atoms with Crippen molar-refractivity contribution in [1.29, 1.82) is 0 Å². The fourth-order valence-electron chi connectivity index (χ4n) is 2.22. The average molecular weight is 304 g/mol. The molecule has 0 aliphatic rings. The fourth-order valence-corrected chi connectivity index (χ4v) is 2.22. The third kappa shape index (κ3) is 3.47. The minimum atomic E-state index is -1.71. The number of amides is 1. The lowest BCUT2D eigenvalue weighted by molar-refractivity contribution is 0.0667. The second kappa shape index (κ2) is 7.31. The van der Waals surface area contributed by atoms with E-state index in [0.717, 1.165) is 0 Å². The Labute approximate surface area is 121 Å². The van der Waals surface area contributed by atoms with Crippen LogP contribution in [0, 0.1) is 17.5 Å². The van der Waals surface area contributed by atoms with Gasteiger partial charge in [-0.1, -0.05) is 13.8 Å². The van der Waals surface area contributed by atoms with Crippen molar-refractivity contribution in [2.75, 3.05) is 13.1 Å². The van der Waals surface area contributed by atoms with E-state index in [0.29, 0.717) is 18.9 Å². The number of carbonyl (C=O) groups is 1. The number of rotatable bonds is 6. The quantitative estimate of drug-likeness (QED) is 0.793. The predicted molar refractivity (Wildman–Crippen MR) is 72.4 cm³/mol. The Morgan fingerprint density at radius 3 is 2.33 bits per heavy atom. The van der Waals surface area contributed by atoms with Crippen molar-refractivity contribution in [3.8, 4) is 5.75 Å². The molecule has 0 aromatic heterocycles. The van der Waals surface area contributed by atoms with E-state index in [-0.39, 0.29) is 19.1 Å². The van der Waals surface area contributed by atoms with Crippen LogP contribution in [0.1, 0.15) is 37.0 Å². The number of phenols is 1. The number of halogens is 3. The van der Waals surface area contributed by atoms with Gasteiger partial charge in [-0.2, -0.15) is 4.39 Å². The average Bonchev–Trinajstić information content (AvgIpc) is 2.48. The minimum Gasteiger partial charge on any atom is -0.503 e. The number of phenolic OH excluding ortho intramolecular Hbond substituents is 1. The summed E-state index contributed by atoms with van der Waals surface area (Å²) in [5.41, 5.74) is 4.74. The summed E-state index contributed by atoms with van der Waals surface area (Å²) < 4.78 is 40.2. The molecule has 4 nitrogen and oxygen atoms in total. The van der Waals surface area contributed by atoms with Gasteiger partial charge in [0.25, 0.3) is 5.91 Å². The van der Waals surface area contributed by atoms with Gasteiger partial charge in [0.15, 0.2) is 17.4 Å². The summed E-state index contributed by atoms with van der Waals surface area (Å²) in [4.78, 5) is 13.7. The van der Waals surface area contributed by atoms with Crippen molar-refractivity contribution in [1.82, 2.24) is 4.90 Å². The lowest BCUT2D eigenvalue weighted by Gasteiger charge is -2.30. The second-order valence-electron chi connectivity index (χ2n) is 4.64. The SMILES string of the molecule is CCC(CC)N(CCN)C(=O)c1cc(F)c(F)c(O)c1F. The molecule has 1 aromatic rings. The van der Waals surface area contributed by atoms with E-state index in [4.69, 9.17) is 5.73 Å². The van der Waals surface area contributed by atoms with Gasteiger partial charge in [-0.3, -0.25) is 4.79 Å². The maximum atomic E-state index is 13.8. The Morgan fingerprint density at radius 1 is 1.29 bits per heavy atom. The number of hydrogen-bond acceptors (Lipinski definition) is 3. The van der Waals surface area contributed by atoms with Crippen LogP contribution in [-0.4, -0.2) is 35.0 Å². The molecule has 1 amide bonds. The largest absolute Gasteiger partial charge is 0.503 e. The Hall–Kier alpha value is -1.76. The molecule has 1 aromatic carbocycles. The van der Waals surface area contributed by atoms with Crippen molar-refractivity contribution in [3.05, 3.63) is 29.1 Å². The highest BCUT2D eigenvalue weighted by molar-refractivity contribution is 5.95. The molecule has 0 unspecified atom stereocenters. The molecule has 21 heavy (non-hydrogen) atoms. The molecule has 0 aliphatic carbocycles. The molecular weight excluding hydrogens is 285 g/mol. The minimum absolute atomic E-state index is 0.152. The molecule has 7 heteroatoms. The second-order valence-corrected chi connectivity index (χ2v) is 4.64. The zero-order chi connectivity index (χ0) is 16.2. The maximum absolute atomic E-state index is 13.8. The number of carbonyl (C=O) groups excluding carboxylic acids is 1. The van der Waals surface area contributed by atoms with Crippen LogP contribution in [0.2, 0.25) is 0 Å². The standard InChI is InChI=1S/C14H19F3N2O2/c1-3-8(4-2)19(6-5-18)14(21)9-7-10(15)12(17)13(20)11(9)16/h7-8,20H,3-6,18H2,1-2H3. The van der Waals surface area contributed by atoms with Crippen LogP contribution >= 0.6 is 0 Å².